The summed E-state index contributed by atoms with van der Waals surface area (Å²) in [6.07, 6.45) is 6.07. The second-order valence-electron chi connectivity index (χ2n) is 5.50. The minimum absolute atomic E-state index is 0.197. The third kappa shape index (κ3) is 10.2. The van der Waals surface area contributed by atoms with Crippen LogP contribution in [0.4, 0.5) is 0 Å². The molecule has 0 aromatic carbocycles. The summed E-state index contributed by atoms with van der Waals surface area (Å²) in [6.45, 7) is 11.3. The van der Waals surface area contributed by atoms with Crippen LogP contribution in [-0.4, -0.2) is 43.5 Å². The van der Waals surface area contributed by atoms with Crippen LogP contribution in [0, 0.1) is 5.92 Å². The Morgan fingerprint density at radius 3 is 2.40 bits per heavy atom. The van der Waals surface area contributed by atoms with Crippen LogP contribution in [0.3, 0.4) is 0 Å². The predicted molar refractivity (Wildman–Crippen MR) is 86.7 cm³/mol. The van der Waals surface area contributed by atoms with Crippen molar-refractivity contribution in [1.82, 2.24) is 10.2 Å². The van der Waals surface area contributed by atoms with Crippen LogP contribution in [0.25, 0.3) is 0 Å². The highest BCUT2D eigenvalue weighted by Crippen LogP contribution is 2.16. The fourth-order valence-electron chi connectivity index (χ4n) is 2.57. The van der Waals surface area contributed by atoms with Crippen molar-refractivity contribution in [2.45, 2.75) is 59.3 Å². The van der Waals surface area contributed by atoms with Gasteiger partial charge in [-0.2, -0.15) is 0 Å². The molecular weight excluding hydrogens is 250 g/mol. The highest BCUT2D eigenvalue weighted by atomic mass is 16.1. The second kappa shape index (κ2) is 13.4. The van der Waals surface area contributed by atoms with Crippen molar-refractivity contribution in [3.05, 3.63) is 0 Å². The molecule has 0 saturated carbocycles. The van der Waals surface area contributed by atoms with Crippen molar-refractivity contribution in [3.8, 4) is 0 Å². The quantitative estimate of drug-likeness (QED) is 0.511. The maximum Gasteiger partial charge on any atom is 0.220 e. The maximum absolute atomic E-state index is 11.8. The fourth-order valence-corrected chi connectivity index (χ4v) is 2.57. The summed E-state index contributed by atoms with van der Waals surface area (Å²) in [7, 11) is 0. The average Bonchev–Trinajstić information content (AvgIpc) is 2.45. The van der Waals surface area contributed by atoms with Crippen LogP contribution in [-0.2, 0) is 4.79 Å². The summed E-state index contributed by atoms with van der Waals surface area (Å²) in [5, 5.41) is 3.03. The molecule has 0 aliphatic heterocycles. The Hall–Kier alpha value is -0.610. The largest absolute Gasteiger partial charge is 0.356 e. The highest BCUT2D eigenvalue weighted by molar-refractivity contribution is 5.75. The molecule has 0 aromatic rings. The van der Waals surface area contributed by atoms with E-state index in [2.05, 4.69) is 31.0 Å². The minimum atomic E-state index is 0.197. The lowest BCUT2D eigenvalue weighted by Crippen LogP contribution is -2.30. The molecule has 0 heterocycles. The zero-order valence-electron chi connectivity index (χ0n) is 13.8. The summed E-state index contributed by atoms with van der Waals surface area (Å²) < 4.78 is 0. The second-order valence-corrected chi connectivity index (χ2v) is 5.50. The van der Waals surface area contributed by atoms with Crippen molar-refractivity contribution >= 4 is 5.91 Å². The summed E-state index contributed by atoms with van der Waals surface area (Å²) in [6, 6.07) is 0. The van der Waals surface area contributed by atoms with E-state index in [0.29, 0.717) is 12.3 Å². The Kier molecular flexibility index (Phi) is 13.0. The smallest absolute Gasteiger partial charge is 0.220 e. The van der Waals surface area contributed by atoms with Gasteiger partial charge in [0.25, 0.3) is 0 Å². The molecular formula is C16H35N3O. The van der Waals surface area contributed by atoms with E-state index in [1.165, 1.54) is 12.8 Å². The monoisotopic (exact) mass is 285 g/mol. The Balaban J connectivity index is 3.66. The van der Waals surface area contributed by atoms with Crippen molar-refractivity contribution in [2.75, 3.05) is 32.7 Å². The molecule has 0 aliphatic rings. The van der Waals surface area contributed by atoms with Gasteiger partial charge < -0.3 is 16.0 Å². The van der Waals surface area contributed by atoms with Crippen LogP contribution in [0.5, 0.6) is 0 Å². The van der Waals surface area contributed by atoms with Gasteiger partial charge in [-0.25, -0.2) is 0 Å². The van der Waals surface area contributed by atoms with Crippen molar-refractivity contribution < 1.29 is 4.79 Å². The number of amides is 1. The number of hydrogen-bond donors (Lipinski definition) is 2. The van der Waals surface area contributed by atoms with Gasteiger partial charge in [0.2, 0.25) is 5.91 Å². The zero-order valence-corrected chi connectivity index (χ0v) is 13.8. The molecule has 1 unspecified atom stereocenters. The Labute approximate surface area is 125 Å². The normalized spacial score (nSPS) is 12.7. The molecule has 0 fully saturated rings. The van der Waals surface area contributed by atoms with Crippen LogP contribution >= 0.6 is 0 Å². The van der Waals surface area contributed by atoms with Crippen molar-refractivity contribution in [1.29, 1.82) is 0 Å². The lowest BCUT2D eigenvalue weighted by molar-refractivity contribution is -0.121. The topological polar surface area (TPSA) is 58.4 Å². The standard InChI is InChI=1S/C16H35N3O/c1-4-8-15(11-12-17)9-10-16(20)18-13-7-14-19(5-2)6-3/h15H,4-14,17H2,1-3H3,(H,18,20). The molecule has 4 heteroatoms. The van der Waals surface area contributed by atoms with Crippen molar-refractivity contribution in [2.24, 2.45) is 11.7 Å². The molecule has 0 bridgehead atoms. The Morgan fingerprint density at radius 2 is 1.85 bits per heavy atom. The van der Waals surface area contributed by atoms with Crippen molar-refractivity contribution in [3.63, 3.8) is 0 Å². The van der Waals surface area contributed by atoms with Gasteiger partial charge in [-0.15, -0.1) is 0 Å². The molecule has 0 rings (SSSR count). The molecule has 120 valence electrons. The molecule has 1 amide bonds. The number of carbonyl (C=O) groups is 1. The van der Waals surface area contributed by atoms with Gasteiger partial charge in [-0.1, -0.05) is 33.6 Å². The number of carbonyl (C=O) groups excluding carboxylic acids is 1. The van der Waals surface area contributed by atoms with Crippen LogP contribution in [0.1, 0.15) is 59.3 Å². The third-order valence-corrected chi connectivity index (χ3v) is 3.92. The molecule has 0 radical (unpaired) electrons. The summed E-state index contributed by atoms with van der Waals surface area (Å²) >= 11 is 0. The first kappa shape index (κ1) is 19.4. The van der Waals surface area contributed by atoms with Gasteiger partial charge in [0.05, 0.1) is 0 Å². The summed E-state index contributed by atoms with van der Waals surface area (Å²) in [5.74, 6) is 0.814. The maximum atomic E-state index is 11.8. The fraction of sp³-hybridized carbons (Fsp3) is 0.938. The summed E-state index contributed by atoms with van der Waals surface area (Å²) in [5.41, 5.74) is 5.61. The van der Waals surface area contributed by atoms with Crippen LogP contribution in [0.15, 0.2) is 0 Å². The van der Waals surface area contributed by atoms with E-state index in [1.54, 1.807) is 0 Å². The first-order valence-electron chi connectivity index (χ1n) is 8.36. The third-order valence-electron chi connectivity index (χ3n) is 3.92. The van der Waals surface area contributed by atoms with E-state index in [1.807, 2.05) is 0 Å². The predicted octanol–water partition coefficient (Wildman–Crippen LogP) is 2.38. The van der Waals surface area contributed by atoms with Gasteiger partial charge in [0.1, 0.15) is 0 Å². The van der Waals surface area contributed by atoms with E-state index in [-0.39, 0.29) is 5.91 Å². The molecule has 4 nitrogen and oxygen atoms in total. The molecule has 3 N–H and O–H groups in total. The molecule has 1 atom stereocenters. The number of nitrogens with zero attached hydrogens (tertiary/aromatic N) is 1. The number of hydrogen-bond acceptors (Lipinski definition) is 3. The number of nitrogens with two attached hydrogens (primary N) is 1. The van der Waals surface area contributed by atoms with Gasteiger partial charge in [0, 0.05) is 13.0 Å². The molecule has 20 heavy (non-hydrogen) atoms. The van der Waals surface area contributed by atoms with E-state index in [9.17, 15) is 4.79 Å². The van der Waals surface area contributed by atoms with E-state index < -0.39 is 0 Å². The van der Waals surface area contributed by atoms with E-state index >= 15 is 0 Å². The lowest BCUT2D eigenvalue weighted by Gasteiger charge is -2.18. The first-order chi connectivity index (χ1) is 9.67. The Morgan fingerprint density at radius 1 is 1.15 bits per heavy atom. The lowest BCUT2D eigenvalue weighted by atomic mass is 9.94. The van der Waals surface area contributed by atoms with Gasteiger partial charge >= 0.3 is 0 Å². The van der Waals surface area contributed by atoms with Gasteiger partial charge in [-0.3, -0.25) is 4.79 Å². The minimum Gasteiger partial charge on any atom is -0.356 e. The highest BCUT2D eigenvalue weighted by Gasteiger charge is 2.09. The van der Waals surface area contributed by atoms with Crippen LogP contribution < -0.4 is 11.1 Å². The molecule has 0 spiro atoms. The number of nitrogens with one attached hydrogen (secondary N) is 1. The van der Waals surface area contributed by atoms with Gasteiger partial charge in [-0.05, 0) is 51.4 Å². The average molecular weight is 285 g/mol. The van der Waals surface area contributed by atoms with Crippen LogP contribution in [0.2, 0.25) is 0 Å². The zero-order chi connectivity index (χ0) is 15.2. The summed E-state index contributed by atoms with van der Waals surface area (Å²) in [4.78, 5) is 14.2. The molecule has 0 saturated heterocycles. The molecule has 0 aromatic heterocycles. The van der Waals surface area contributed by atoms with E-state index in [4.69, 9.17) is 5.73 Å². The molecule has 0 aliphatic carbocycles. The number of rotatable bonds is 13. The Bertz CT molecular complexity index is 224. The SMILES string of the molecule is CCCC(CCN)CCC(=O)NCCCN(CC)CC. The van der Waals surface area contributed by atoms with E-state index in [0.717, 1.165) is 52.0 Å². The van der Waals surface area contributed by atoms with Gasteiger partial charge in [0.15, 0.2) is 0 Å². The first-order valence-corrected chi connectivity index (χ1v) is 8.36.